The first-order valence-corrected chi connectivity index (χ1v) is 19.5. The second-order valence-corrected chi connectivity index (χ2v) is 16.9. The molecule has 5 nitrogen and oxygen atoms in total. The fourth-order valence-electron chi connectivity index (χ4n) is 7.87. The van der Waals surface area contributed by atoms with Gasteiger partial charge in [-0.05, 0) is 63.9 Å². The first-order valence-electron chi connectivity index (χ1n) is 19.5. The molecule has 0 amide bonds. The van der Waals surface area contributed by atoms with Gasteiger partial charge in [0.1, 0.15) is 22.9 Å². The van der Waals surface area contributed by atoms with Gasteiger partial charge in [-0.15, -0.1) is 0 Å². The van der Waals surface area contributed by atoms with E-state index in [1.165, 1.54) is 0 Å². The van der Waals surface area contributed by atoms with E-state index in [1.54, 1.807) is 0 Å². The second-order valence-electron chi connectivity index (χ2n) is 16.9. The van der Waals surface area contributed by atoms with Crippen LogP contribution in [-0.2, 0) is 10.8 Å². The van der Waals surface area contributed by atoms with Crippen molar-refractivity contribution in [2.45, 2.75) is 52.4 Å². The zero-order chi connectivity index (χ0) is 39.5. The maximum absolute atomic E-state index is 12.3. The number of phenols is 1. The molecule has 6 aromatic carbocycles. The van der Waals surface area contributed by atoms with Crippen LogP contribution in [0.25, 0.3) is 83.9 Å². The summed E-state index contributed by atoms with van der Waals surface area (Å²) in [5.74, 6) is 1.74. The number of imidazole rings is 1. The summed E-state index contributed by atoms with van der Waals surface area (Å²) in [6.07, 6.45) is 1.81. The predicted molar refractivity (Wildman–Crippen MR) is 235 cm³/mol. The van der Waals surface area contributed by atoms with E-state index in [0.717, 1.165) is 83.7 Å². The average Bonchev–Trinajstić information content (AvgIpc) is 3.83. The van der Waals surface area contributed by atoms with Gasteiger partial charge in [0, 0.05) is 39.4 Å². The standard InChI is InChI=1S/C52H45N3O2/c1-51(2,3)37-30-41(49(56)42(31-37)52(4,5)6)50-54-48-39(24-16-26-44(48)55(50)43-25-14-13-23-38(43)33-17-9-7-10-18-33)35-21-15-22-36(29-35)47-40-32-46(34-19-11-8-12-20-34)57-45(40)27-28-53-47/h7-32,56H,1-6H3. The monoisotopic (exact) mass is 743 g/mol. The van der Waals surface area contributed by atoms with Crippen molar-refractivity contribution >= 4 is 22.0 Å². The van der Waals surface area contributed by atoms with E-state index in [-0.39, 0.29) is 16.6 Å². The molecule has 0 aliphatic heterocycles. The highest BCUT2D eigenvalue weighted by Gasteiger charge is 2.29. The summed E-state index contributed by atoms with van der Waals surface area (Å²) in [7, 11) is 0. The molecule has 3 aromatic heterocycles. The molecule has 280 valence electrons. The van der Waals surface area contributed by atoms with Crippen molar-refractivity contribution in [2.24, 2.45) is 0 Å². The van der Waals surface area contributed by atoms with Crippen LogP contribution < -0.4 is 0 Å². The lowest BCUT2D eigenvalue weighted by Crippen LogP contribution is -2.17. The summed E-state index contributed by atoms with van der Waals surface area (Å²) in [6.45, 7) is 13.1. The van der Waals surface area contributed by atoms with Gasteiger partial charge in [0.25, 0.3) is 0 Å². The Morgan fingerprint density at radius 1 is 0.561 bits per heavy atom. The van der Waals surface area contributed by atoms with Crippen molar-refractivity contribution in [1.29, 1.82) is 0 Å². The van der Waals surface area contributed by atoms with Gasteiger partial charge in [-0.25, -0.2) is 4.98 Å². The minimum Gasteiger partial charge on any atom is -0.507 e. The molecule has 0 aliphatic carbocycles. The van der Waals surface area contributed by atoms with Gasteiger partial charge in [-0.1, -0.05) is 157 Å². The van der Waals surface area contributed by atoms with Gasteiger partial charge >= 0.3 is 0 Å². The second kappa shape index (κ2) is 13.8. The Labute approximate surface area is 334 Å². The van der Waals surface area contributed by atoms with Gasteiger partial charge in [-0.2, -0.15) is 0 Å². The number of phenolic OH excluding ortho intramolecular Hbond substituents is 1. The largest absolute Gasteiger partial charge is 0.507 e. The molecule has 9 aromatic rings. The Bertz CT molecular complexity index is 2920. The third-order valence-electron chi connectivity index (χ3n) is 10.9. The first-order chi connectivity index (χ1) is 27.5. The Kier molecular flexibility index (Phi) is 8.70. The maximum Gasteiger partial charge on any atom is 0.149 e. The average molecular weight is 744 g/mol. The molecule has 0 fully saturated rings. The molecular weight excluding hydrogens is 699 g/mol. The molecule has 0 spiro atoms. The van der Waals surface area contributed by atoms with Gasteiger partial charge in [-0.3, -0.25) is 9.55 Å². The Morgan fingerprint density at radius 3 is 1.95 bits per heavy atom. The van der Waals surface area contributed by atoms with Crippen molar-refractivity contribution in [2.75, 3.05) is 0 Å². The van der Waals surface area contributed by atoms with Crippen molar-refractivity contribution in [3.05, 3.63) is 169 Å². The molecular formula is C52H45N3O2. The summed E-state index contributed by atoms with van der Waals surface area (Å²) < 4.78 is 8.56. The Morgan fingerprint density at radius 2 is 1.21 bits per heavy atom. The molecule has 57 heavy (non-hydrogen) atoms. The van der Waals surface area contributed by atoms with Crippen LogP contribution >= 0.6 is 0 Å². The van der Waals surface area contributed by atoms with Crippen LogP contribution in [0.1, 0.15) is 52.7 Å². The fourth-order valence-corrected chi connectivity index (χ4v) is 7.87. The number of benzene rings is 6. The zero-order valence-corrected chi connectivity index (χ0v) is 33.2. The summed E-state index contributed by atoms with van der Waals surface area (Å²) >= 11 is 0. The van der Waals surface area contributed by atoms with E-state index in [1.807, 2.05) is 36.5 Å². The molecule has 5 heteroatoms. The quantitative estimate of drug-likeness (QED) is 0.184. The van der Waals surface area contributed by atoms with E-state index in [0.29, 0.717) is 11.4 Å². The SMILES string of the molecule is CC(C)(C)c1cc(-c2nc3c(-c4cccc(-c5nccc6oc(-c7ccccc7)cc56)c4)cccc3n2-c2ccccc2-c2ccccc2)c(O)c(C(C)(C)C)c1. The maximum atomic E-state index is 12.3. The molecule has 0 saturated carbocycles. The smallest absolute Gasteiger partial charge is 0.149 e. The summed E-state index contributed by atoms with van der Waals surface area (Å²) in [6, 6.07) is 52.3. The van der Waals surface area contributed by atoms with Crippen molar-refractivity contribution in [3.63, 3.8) is 0 Å². The summed E-state index contributed by atoms with van der Waals surface area (Å²) in [5.41, 5.74) is 12.8. The molecule has 0 unspecified atom stereocenters. The molecule has 0 aliphatic rings. The third-order valence-corrected chi connectivity index (χ3v) is 10.9. The van der Waals surface area contributed by atoms with E-state index >= 15 is 0 Å². The third kappa shape index (κ3) is 6.49. The number of furan rings is 1. The van der Waals surface area contributed by atoms with Crippen molar-refractivity contribution < 1.29 is 9.52 Å². The topological polar surface area (TPSA) is 64.1 Å². The number of para-hydroxylation sites is 2. The highest BCUT2D eigenvalue weighted by atomic mass is 16.3. The minimum atomic E-state index is -0.307. The molecule has 0 radical (unpaired) electrons. The number of nitrogens with zero attached hydrogens (tertiary/aromatic N) is 3. The van der Waals surface area contributed by atoms with Gasteiger partial charge in [0.2, 0.25) is 0 Å². The lowest BCUT2D eigenvalue weighted by atomic mass is 9.79. The lowest BCUT2D eigenvalue weighted by molar-refractivity contribution is 0.446. The number of hydrogen-bond donors (Lipinski definition) is 1. The van der Waals surface area contributed by atoms with E-state index in [2.05, 4.69) is 167 Å². The van der Waals surface area contributed by atoms with E-state index in [9.17, 15) is 5.11 Å². The first kappa shape index (κ1) is 35.9. The molecule has 0 atom stereocenters. The molecule has 0 saturated heterocycles. The van der Waals surface area contributed by atoms with Gasteiger partial charge in [0.15, 0.2) is 0 Å². The number of aromatic nitrogens is 3. The van der Waals surface area contributed by atoms with Gasteiger partial charge < -0.3 is 9.52 Å². The van der Waals surface area contributed by atoms with Crippen LogP contribution in [0.15, 0.2) is 162 Å². The van der Waals surface area contributed by atoms with Crippen molar-refractivity contribution in [1.82, 2.24) is 14.5 Å². The molecule has 1 N–H and O–H groups in total. The van der Waals surface area contributed by atoms with Crippen LogP contribution in [0.5, 0.6) is 5.75 Å². The fraction of sp³-hybridized carbons (Fsp3) is 0.154. The molecule has 9 rings (SSSR count). The number of aromatic hydroxyl groups is 1. The summed E-state index contributed by atoms with van der Waals surface area (Å²) in [4.78, 5) is 10.4. The van der Waals surface area contributed by atoms with Crippen LogP contribution in [0, 0.1) is 0 Å². The minimum absolute atomic E-state index is 0.166. The van der Waals surface area contributed by atoms with Crippen LogP contribution in [0.4, 0.5) is 0 Å². The number of hydrogen-bond acceptors (Lipinski definition) is 4. The van der Waals surface area contributed by atoms with E-state index < -0.39 is 0 Å². The highest BCUT2D eigenvalue weighted by Crippen LogP contribution is 2.45. The van der Waals surface area contributed by atoms with Crippen LogP contribution in [-0.4, -0.2) is 19.6 Å². The van der Waals surface area contributed by atoms with E-state index in [4.69, 9.17) is 14.4 Å². The lowest BCUT2D eigenvalue weighted by Gasteiger charge is -2.27. The zero-order valence-electron chi connectivity index (χ0n) is 33.2. The Hall–Kier alpha value is -6.72. The number of rotatable bonds is 6. The summed E-state index contributed by atoms with van der Waals surface area (Å²) in [5, 5.41) is 13.3. The number of fused-ring (bicyclic) bond motifs is 2. The van der Waals surface area contributed by atoms with Crippen molar-refractivity contribution in [3.8, 4) is 67.7 Å². The number of pyridine rings is 1. The molecule has 0 bridgehead atoms. The highest BCUT2D eigenvalue weighted by molar-refractivity contribution is 5.99. The van der Waals surface area contributed by atoms with Gasteiger partial charge in [0.05, 0.1) is 28.0 Å². The Balaban J connectivity index is 1.29. The molecule has 3 heterocycles. The normalized spacial score (nSPS) is 12.1. The predicted octanol–water partition coefficient (Wildman–Crippen LogP) is 13.8. The van der Waals surface area contributed by atoms with Crippen LogP contribution in [0.2, 0.25) is 0 Å². The van der Waals surface area contributed by atoms with Crippen LogP contribution in [0.3, 0.4) is 0 Å².